The summed E-state index contributed by atoms with van der Waals surface area (Å²) in [7, 11) is 1.38. The van der Waals surface area contributed by atoms with Crippen molar-refractivity contribution in [2.45, 2.75) is 6.92 Å². The summed E-state index contributed by atoms with van der Waals surface area (Å²) in [5.74, 6) is -0.462. The van der Waals surface area contributed by atoms with Crippen LogP contribution in [-0.2, 0) is 4.79 Å². The van der Waals surface area contributed by atoms with Crippen LogP contribution in [0.5, 0.6) is 0 Å². The number of carbonyl (C=O) groups is 2. The maximum Gasteiger partial charge on any atom is 0.328 e. The molecule has 0 bridgehead atoms. The van der Waals surface area contributed by atoms with E-state index in [0.29, 0.717) is 16.9 Å². The molecule has 3 rings (SSSR count). The van der Waals surface area contributed by atoms with Crippen molar-refractivity contribution < 1.29 is 9.59 Å². The first-order chi connectivity index (χ1) is 10.5. The molecule has 0 aliphatic carbocycles. The Morgan fingerprint density at radius 1 is 1.09 bits per heavy atom. The van der Waals surface area contributed by atoms with E-state index < -0.39 is 11.9 Å². The highest BCUT2D eigenvalue weighted by molar-refractivity contribution is 6.13. The summed E-state index contributed by atoms with van der Waals surface area (Å²) in [6.45, 7) is 1.73. The molecule has 22 heavy (non-hydrogen) atoms. The van der Waals surface area contributed by atoms with Gasteiger partial charge in [-0.3, -0.25) is 19.6 Å². The molecule has 1 saturated heterocycles. The number of H-pyrrole nitrogens is 1. The predicted octanol–water partition coefficient (Wildman–Crippen LogP) is 0.997. The molecule has 1 aliphatic rings. The number of hydrogen-bond donors (Lipinski definition) is 2. The average molecular weight is 298 g/mol. The second kappa shape index (κ2) is 5.03. The van der Waals surface area contributed by atoms with Crippen LogP contribution in [0.25, 0.3) is 11.8 Å². The van der Waals surface area contributed by atoms with Crippen LogP contribution < -0.4 is 10.9 Å². The largest absolute Gasteiger partial charge is 0.328 e. The van der Waals surface area contributed by atoms with Gasteiger partial charge in [0.15, 0.2) is 0 Å². The van der Waals surface area contributed by atoms with Gasteiger partial charge in [0.05, 0.1) is 11.3 Å². The van der Waals surface area contributed by atoms with E-state index in [1.54, 1.807) is 19.1 Å². The maximum absolute atomic E-state index is 12.5. The summed E-state index contributed by atoms with van der Waals surface area (Å²) in [4.78, 5) is 36.8. The SMILES string of the molecule is Cc1[nH]n(-c2ccccc2)c(=O)c1/C=C1\NC(=O)N(C)C1=O. The molecule has 1 aliphatic heterocycles. The number of hydrogen-bond acceptors (Lipinski definition) is 3. The maximum atomic E-state index is 12.5. The molecule has 7 heteroatoms. The zero-order valence-electron chi connectivity index (χ0n) is 12.1. The van der Waals surface area contributed by atoms with Gasteiger partial charge in [-0.25, -0.2) is 9.48 Å². The van der Waals surface area contributed by atoms with Crippen LogP contribution in [0.4, 0.5) is 4.79 Å². The number of amides is 3. The van der Waals surface area contributed by atoms with Crippen LogP contribution in [0.15, 0.2) is 40.8 Å². The van der Waals surface area contributed by atoms with Crippen molar-refractivity contribution in [2.75, 3.05) is 7.05 Å². The fraction of sp³-hybridized carbons (Fsp3) is 0.133. The van der Waals surface area contributed by atoms with Gasteiger partial charge in [-0.15, -0.1) is 0 Å². The minimum absolute atomic E-state index is 0.0897. The lowest BCUT2D eigenvalue weighted by atomic mass is 10.2. The van der Waals surface area contributed by atoms with Crippen LogP contribution in [-0.4, -0.2) is 33.7 Å². The van der Waals surface area contributed by atoms with E-state index in [4.69, 9.17) is 0 Å². The summed E-state index contributed by atoms with van der Waals surface area (Å²) < 4.78 is 1.40. The molecule has 0 radical (unpaired) electrons. The molecule has 112 valence electrons. The van der Waals surface area contributed by atoms with E-state index in [0.717, 1.165) is 4.90 Å². The van der Waals surface area contributed by atoms with E-state index in [2.05, 4.69) is 10.4 Å². The van der Waals surface area contributed by atoms with Gasteiger partial charge in [-0.05, 0) is 25.1 Å². The second-order valence-corrected chi connectivity index (χ2v) is 4.98. The molecule has 2 N–H and O–H groups in total. The van der Waals surface area contributed by atoms with Gasteiger partial charge in [0.25, 0.3) is 11.5 Å². The van der Waals surface area contributed by atoms with Crippen LogP contribution in [0.1, 0.15) is 11.3 Å². The summed E-state index contributed by atoms with van der Waals surface area (Å²) in [5.41, 5.74) is 1.44. The minimum atomic E-state index is -0.507. The van der Waals surface area contributed by atoms with Crippen LogP contribution in [0.2, 0.25) is 0 Å². The fourth-order valence-electron chi connectivity index (χ4n) is 2.26. The molecular formula is C15H14N4O3. The minimum Gasteiger partial charge on any atom is -0.303 e. The Balaban J connectivity index is 2.07. The summed E-state index contributed by atoms with van der Waals surface area (Å²) in [6.07, 6.45) is 1.40. The molecule has 3 amide bonds. The highest BCUT2D eigenvalue weighted by atomic mass is 16.2. The smallest absolute Gasteiger partial charge is 0.303 e. The Hall–Kier alpha value is -3.09. The van der Waals surface area contributed by atoms with Crippen molar-refractivity contribution in [3.63, 3.8) is 0 Å². The average Bonchev–Trinajstić information content (AvgIpc) is 2.93. The number of urea groups is 1. The molecule has 1 fully saturated rings. The predicted molar refractivity (Wildman–Crippen MR) is 80.4 cm³/mol. The van der Waals surface area contributed by atoms with E-state index in [1.807, 2.05) is 18.2 Å². The number of benzene rings is 1. The summed E-state index contributed by atoms with van der Waals surface area (Å²) in [6, 6.07) is 8.59. The van der Waals surface area contributed by atoms with E-state index in [-0.39, 0.29) is 11.3 Å². The molecule has 1 aromatic heterocycles. The van der Waals surface area contributed by atoms with Gasteiger partial charge < -0.3 is 5.32 Å². The van der Waals surface area contributed by atoms with Gasteiger partial charge in [-0.2, -0.15) is 0 Å². The topological polar surface area (TPSA) is 87.2 Å². The Morgan fingerprint density at radius 2 is 1.77 bits per heavy atom. The number of imide groups is 1. The zero-order valence-corrected chi connectivity index (χ0v) is 12.1. The molecule has 0 unspecified atom stereocenters. The third kappa shape index (κ3) is 2.12. The van der Waals surface area contributed by atoms with Crippen LogP contribution >= 0.6 is 0 Å². The number of nitrogens with one attached hydrogen (secondary N) is 2. The molecule has 0 spiro atoms. The van der Waals surface area contributed by atoms with Crippen molar-refractivity contribution in [2.24, 2.45) is 0 Å². The van der Waals surface area contributed by atoms with Gasteiger partial charge in [0.2, 0.25) is 0 Å². The van der Waals surface area contributed by atoms with E-state index >= 15 is 0 Å². The highest BCUT2D eigenvalue weighted by Crippen LogP contribution is 2.13. The lowest BCUT2D eigenvalue weighted by Gasteiger charge is -1.99. The Labute approximate surface area is 125 Å². The molecular weight excluding hydrogens is 284 g/mol. The zero-order chi connectivity index (χ0) is 15.9. The Bertz CT molecular complexity index is 845. The standard InChI is InChI=1S/C15H14N4O3/c1-9-11(8-12-14(21)18(2)15(22)16-12)13(20)19(17-9)10-6-4-3-5-7-10/h3-8,17H,1-2H3,(H,16,22)/b12-8-. The van der Waals surface area contributed by atoms with E-state index in [1.165, 1.54) is 17.8 Å². The van der Waals surface area contributed by atoms with Crippen LogP contribution in [0.3, 0.4) is 0 Å². The van der Waals surface area contributed by atoms with Crippen molar-refractivity contribution in [3.8, 4) is 5.69 Å². The first kappa shape index (κ1) is 13.9. The first-order valence-corrected chi connectivity index (χ1v) is 6.67. The normalized spacial score (nSPS) is 16.5. The molecule has 2 heterocycles. The third-order valence-electron chi connectivity index (χ3n) is 3.50. The summed E-state index contributed by atoms with van der Waals surface area (Å²) in [5, 5.41) is 5.40. The number of para-hydroxylation sites is 1. The third-order valence-corrected chi connectivity index (χ3v) is 3.50. The van der Waals surface area contributed by atoms with Crippen molar-refractivity contribution in [1.82, 2.24) is 20.0 Å². The number of aromatic nitrogens is 2. The molecule has 7 nitrogen and oxygen atoms in total. The number of nitrogens with zero attached hydrogens (tertiary/aromatic N) is 2. The first-order valence-electron chi connectivity index (χ1n) is 6.67. The fourth-order valence-corrected chi connectivity index (χ4v) is 2.26. The number of rotatable bonds is 2. The van der Waals surface area contributed by atoms with Crippen molar-refractivity contribution >= 4 is 18.0 Å². The molecule has 1 aromatic carbocycles. The molecule has 2 aromatic rings. The Morgan fingerprint density at radius 3 is 2.36 bits per heavy atom. The van der Waals surface area contributed by atoms with Gasteiger partial charge in [-0.1, -0.05) is 18.2 Å². The second-order valence-electron chi connectivity index (χ2n) is 4.98. The molecule has 0 saturated carbocycles. The Kier molecular flexibility index (Phi) is 3.17. The monoisotopic (exact) mass is 298 g/mol. The molecule has 0 atom stereocenters. The van der Waals surface area contributed by atoms with Gasteiger partial charge in [0.1, 0.15) is 5.70 Å². The van der Waals surface area contributed by atoms with Crippen molar-refractivity contribution in [1.29, 1.82) is 0 Å². The highest BCUT2D eigenvalue weighted by Gasteiger charge is 2.30. The summed E-state index contributed by atoms with van der Waals surface area (Å²) >= 11 is 0. The van der Waals surface area contributed by atoms with E-state index in [9.17, 15) is 14.4 Å². The number of carbonyl (C=O) groups excluding carboxylic acids is 2. The van der Waals surface area contributed by atoms with Gasteiger partial charge in [0, 0.05) is 12.7 Å². The number of aromatic amines is 1. The van der Waals surface area contributed by atoms with Crippen molar-refractivity contribution in [3.05, 3.63) is 57.6 Å². The lowest BCUT2D eigenvalue weighted by molar-refractivity contribution is -0.121. The number of aryl methyl sites for hydroxylation is 1. The van der Waals surface area contributed by atoms with Crippen LogP contribution in [0, 0.1) is 6.92 Å². The quantitative estimate of drug-likeness (QED) is 0.640. The van der Waals surface area contributed by atoms with Gasteiger partial charge >= 0.3 is 6.03 Å². The number of likely N-dealkylation sites (N-methyl/N-ethyl adjacent to an activating group) is 1. The lowest BCUT2D eigenvalue weighted by Crippen LogP contribution is -2.25.